The second-order valence-electron chi connectivity index (χ2n) is 5.57. The van der Waals surface area contributed by atoms with Crippen LogP contribution in [-0.4, -0.2) is 12.7 Å². The van der Waals surface area contributed by atoms with Crippen LogP contribution in [0.1, 0.15) is 23.8 Å². The van der Waals surface area contributed by atoms with Crippen molar-refractivity contribution in [3.05, 3.63) is 70.2 Å². The molecule has 0 unspecified atom stereocenters. The first-order chi connectivity index (χ1) is 11.1. The monoisotopic (exact) mass is 395 g/mol. The third kappa shape index (κ3) is 4.11. The Hall–Kier alpha value is -0.970. The molecule has 1 saturated heterocycles. The van der Waals surface area contributed by atoms with Gasteiger partial charge in [0.2, 0.25) is 0 Å². The third-order valence-electron chi connectivity index (χ3n) is 3.66. The molecule has 0 bridgehead atoms. The highest BCUT2D eigenvalue weighted by atomic mass is 79.9. The first kappa shape index (κ1) is 16.9. The van der Waals surface area contributed by atoms with Gasteiger partial charge in [0.05, 0.1) is 12.7 Å². The lowest BCUT2D eigenvalue weighted by molar-refractivity contribution is 0.253. The van der Waals surface area contributed by atoms with Crippen LogP contribution in [0.15, 0.2) is 59.1 Å². The van der Waals surface area contributed by atoms with Gasteiger partial charge in [0.1, 0.15) is 5.78 Å². The Morgan fingerprint density at radius 3 is 2.52 bits per heavy atom. The summed E-state index contributed by atoms with van der Waals surface area (Å²) in [5.41, 5.74) is 2.01. The lowest BCUT2D eigenvalue weighted by Gasteiger charge is -2.24. The molecule has 3 rings (SSSR count). The topological polar surface area (TPSA) is 47.6 Å². The number of halogens is 1. The van der Waals surface area contributed by atoms with Crippen LogP contribution in [0.3, 0.4) is 0 Å². The number of nitrogens with one attached hydrogen (secondary N) is 1. The van der Waals surface area contributed by atoms with Crippen LogP contribution in [0.25, 0.3) is 0 Å². The second-order valence-corrected chi connectivity index (χ2v) is 8.55. The highest BCUT2D eigenvalue weighted by molar-refractivity contribution is 9.10. The SMILES string of the molecule is C[C@H]1CO[P@](=O)([C@H](NCc2ccccc2)c2ccc(Br)cc2)O1. The summed E-state index contributed by atoms with van der Waals surface area (Å²) in [6, 6.07) is 17.7. The van der Waals surface area contributed by atoms with E-state index in [4.69, 9.17) is 9.05 Å². The van der Waals surface area contributed by atoms with E-state index in [1.54, 1.807) is 0 Å². The summed E-state index contributed by atoms with van der Waals surface area (Å²) in [7, 11) is -3.24. The van der Waals surface area contributed by atoms with Crippen molar-refractivity contribution in [3.8, 4) is 0 Å². The molecule has 1 fully saturated rings. The first-order valence-corrected chi connectivity index (χ1v) is 9.93. The Bertz CT molecular complexity index is 693. The number of hydrogen-bond acceptors (Lipinski definition) is 4. The zero-order chi connectivity index (χ0) is 16.3. The van der Waals surface area contributed by atoms with Crippen LogP contribution in [0, 0.1) is 0 Å². The lowest BCUT2D eigenvalue weighted by Crippen LogP contribution is -2.21. The molecule has 122 valence electrons. The van der Waals surface area contributed by atoms with Crippen LogP contribution in [0.4, 0.5) is 0 Å². The van der Waals surface area contributed by atoms with Crippen molar-refractivity contribution in [1.29, 1.82) is 0 Å². The average molecular weight is 396 g/mol. The predicted molar refractivity (Wildman–Crippen MR) is 94.3 cm³/mol. The van der Waals surface area contributed by atoms with Gasteiger partial charge in [-0.15, -0.1) is 0 Å². The zero-order valence-corrected chi connectivity index (χ0v) is 15.3. The molecule has 1 heterocycles. The van der Waals surface area contributed by atoms with Crippen LogP contribution >= 0.6 is 23.5 Å². The second kappa shape index (κ2) is 7.29. The molecule has 1 N–H and O–H groups in total. The fraction of sp³-hybridized carbons (Fsp3) is 0.294. The van der Waals surface area contributed by atoms with Gasteiger partial charge in [0.15, 0.2) is 0 Å². The molecule has 0 aromatic heterocycles. The molecular weight excluding hydrogens is 377 g/mol. The summed E-state index contributed by atoms with van der Waals surface area (Å²) >= 11 is 3.42. The standard InChI is InChI=1S/C17H19BrNO3P/c1-13-12-21-23(20,22-13)17(15-7-9-16(18)10-8-15)19-11-14-5-3-2-4-6-14/h2-10,13,17,19H,11-12H2,1H3/t13-,17-,23+/m0/s1. The van der Waals surface area contributed by atoms with E-state index in [-0.39, 0.29) is 6.10 Å². The third-order valence-corrected chi connectivity index (χ3v) is 6.46. The van der Waals surface area contributed by atoms with Crippen molar-refractivity contribution in [2.24, 2.45) is 0 Å². The molecule has 0 saturated carbocycles. The van der Waals surface area contributed by atoms with E-state index in [1.165, 1.54) is 0 Å². The minimum atomic E-state index is -3.24. The van der Waals surface area contributed by atoms with Crippen molar-refractivity contribution >= 4 is 23.5 Å². The zero-order valence-electron chi connectivity index (χ0n) is 12.8. The molecule has 4 nitrogen and oxygen atoms in total. The molecule has 0 radical (unpaired) electrons. The Balaban J connectivity index is 1.84. The maximum Gasteiger partial charge on any atom is 0.352 e. The summed E-state index contributed by atoms with van der Waals surface area (Å²) in [5, 5.41) is 3.35. The van der Waals surface area contributed by atoms with Crippen LogP contribution in [-0.2, 0) is 20.2 Å². The number of benzene rings is 2. The van der Waals surface area contributed by atoms with Gasteiger partial charge in [-0.05, 0) is 30.2 Å². The van der Waals surface area contributed by atoms with Gasteiger partial charge in [0.25, 0.3) is 0 Å². The Labute approximate surface area is 144 Å². The summed E-state index contributed by atoms with van der Waals surface area (Å²) in [5.74, 6) is -0.485. The van der Waals surface area contributed by atoms with Crippen molar-refractivity contribution < 1.29 is 13.6 Å². The minimum Gasteiger partial charge on any atom is -0.304 e. The average Bonchev–Trinajstić information content (AvgIpc) is 2.90. The lowest BCUT2D eigenvalue weighted by atomic mass is 10.2. The molecule has 23 heavy (non-hydrogen) atoms. The number of rotatable bonds is 5. The fourth-order valence-electron chi connectivity index (χ4n) is 2.52. The highest BCUT2D eigenvalue weighted by Gasteiger charge is 2.43. The molecule has 2 aromatic carbocycles. The quantitative estimate of drug-likeness (QED) is 0.733. The van der Waals surface area contributed by atoms with Crippen molar-refractivity contribution in [1.82, 2.24) is 5.32 Å². The molecule has 1 aliphatic rings. The van der Waals surface area contributed by atoms with E-state index in [0.717, 1.165) is 15.6 Å². The van der Waals surface area contributed by atoms with E-state index in [2.05, 4.69) is 21.2 Å². The normalized spacial score (nSPS) is 25.4. The molecule has 0 aliphatic carbocycles. The number of hydrogen-bond donors (Lipinski definition) is 1. The van der Waals surface area contributed by atoms with Gasteiger partial charge < -0.3 is 9.05 Å². The summed E-state index contributed by atoms with van der Waals surface area (Å²) in [4.78, 5) is 0. The van der Waals surface area contributed by atoms with Crippen molar-refractivity contribution in [3.63, 3.8) is 0 Å². The molecule has 0 spiro atoms. The smallest absolute Gasteiger partial charge is 0.304 e. The predicted octanol–water partition coefficient (Wildman–Crippen LogP) is 4.87. The van der Waals surface area contributed by atoms with Crippen LogP contribution in [0.5, 0.6) is 0 Å². The Kier molecular flexibility index (Phi) is 5.34. The van der Waals surface area contributed by atoms with Crippen LogP contribution < -0.4 is 5.32 Å². The van der Waals surface area contributed by atoms with Gasteiger partial charge >= 0.3 is 7.60 Å². The first-order valence-electron chi connectivity index (χ1n) is 7.52. The minimum absolute atomic E-state index is 0.155. The summed E-state index contributed by atoms with van der Waals surface area (Å²) in [6.07, 6.45) is -0.155. The molecule has 3 atom stereocenters. The van der Waals surface area contributed by atoms with E-state index in [9.17, 15) is 4.57 Å². The van der Waals surface area contributed by atoms with E-state index in [0.29, 0.717) is 13.2 Å². The van der Waals surface area contributed by atoms with Gasteiger partial charge in [-0.2, -0.15) is 0 Å². The molecule has 6 heteroatoms. The van der Waals surface area contributed by atoms with Crippen LogP contribution in [0.2, 0.25) is 0 Å². The fourth-order valence-corrected chi connectivity index (χ4v) is 4.95. The largest absolute Gasteiger partial charge is 0.352 e. The van der Waals surface area contributed by atoms with Crippen molar-refractivity contribution in [2.75, 3.05) is 6.61 Å². The Morgan fingerprint density at radius 1 is 1.22 bits per heavy atom. The Morgan fingerprint density at radius 2 is 1.91 bits per heavy atom. The van der Waals surface area contributed by atoms with Gasteiger partial charge in [-0.3, -0.25) is 9.88 Å². The van der Waals surface area contributed by atoms with Gasteiger partial charge in [0, 0.05) is 11.0 Å². The van der Waals surface area contributed by atoms with Crippen molar-refractivity contribution in [2.45, 2.75) is 25.4 Å². The molecule has 1 aliphatic heterocycles. The van der Waals surface area contributed by atoms with E-state index < -0.39 is 13.4 Å². The molecule has 2 aromatic rings. The molecule has 0 amide bonds. The summed E-state index contributed by atoms with van der Waals surface area (Å²) < 4.78 is 25.3. The summed E-state index contributed by atoms with van der Waals surface area (Å²) in [6.45, 7) is 2.82. The van der Waals surface area contributed by atoms with Gasteiger partial charge in [-0.25, -0.2) is 0 Å². The van der Waals surface area contributed by atoms with E-state index >= 15 is 0 Å². The highest BCUT2D eigenvalue weighted by Crippen LogP contribution is 2.63. The maximum absolute atomic E-state index is 13.1. The maximum atomic E-state index is 13.1. The molecular formula is C17H19BrNO3P. The van der Waals surface area contributed by atoms with Gasteiger partial charge in [-0.1, -0.05) is 58.4 Å². The van der Waals surface area contributed by atoms with E-state index in [1.807, 2.05) is 61.5 Å².